The molecule has 0 aromatic heterocycles. The molecule has 3 nitrogen and oxygen atoms in total. The van der Waals surface area contributed by atoms with Crippen LogP contribution in [0.3, 0.4) is 0 Å². The van der Waals surface area contributed by atoms with E-state index in [-0.39, 0.29) is 23.7 Å². The highest BCUT2D eigenvalue weighted by Crippen LogP contribution is 2.21. The van der Waals surface area contributed by atoms with E-state index in [1.165, 1.54) is 6.07 Å². The first-order valence-corrected chi connectivity index (χ1v) is 7.32. The number of likely N-dealkylation sites (N-methyl/N-ethyl adjacent to an activating group) is 1. The number of carbonyl (C=O) groups is 1. The SMILES string of the molecule is CNCC1CCCN1C(=O)C(C)Cc1ccccc1F. The Kier molecular flexibility index (Phi) is 5.12. The molecule has 0 spiro atoms. The Bertz CT molecular complexity index is 464. The summed E-state index contributed by atoms with van der Waals surface area (Å²) in [5.41, 5.74) is 0.623. The Balaban J connectivity index is 2.00. The van der Waals surface area contributed by atoms with Crippen molar-refractivity contribution in [2.75, 3.05) is 20.1 Å². The first-order valence-electron chi connectivity index (χ1n) is 7.32. The summed E-state index contributed by atoms with van der Waals surface area (Å²) in [7, 11) is 1.91. The number of hydrogen-bond acceptors (Lipinski definition) is 2. The van der Waals surface area contributed by atoms with Gasteiger partial charge in [0, 0.05) is 25.0 Å². The average molecular weight is 278 g/mol. The Morgan fingerprint density at radius 1 is 1.50 bits per heavy atom. The molecule has 1 aliphatic heterocycles. The quantitative estimate of drug-likeness (QED) is 0.895. The fraction of sp³-hybridized carbons (Fsp3) is 0.562. The van der Waals surface area contributed by atoms with Crippen molar-refractivity contribution in [1.82, 2.24) is 10.2 Å². The summed E-state index contributed by atoms with van der Waals surface area (Å²) in [5.74, 6) is -0.254. The van der Waals surface area contributed by atoms with Crippen LogP contribution in [0.2, 0.25) is 0 Å². The van der Waals surface area contributed by atoms with E-state index < -0.39 is 0 Å². The van der Waals surface area contributed by atoms with E-state index in [0.717, 1.165) is 25.9 Å². The minimum absolute atomic E-state index is 0.144. The fourth-order valence-electron chi connectivity index (χ4n) is 2.94. The van der Waals surface area contributed by atoms with Crippen molar-refractivity contribution in [3.8, 4) is 0 Å². The smallest absolute Gasteiger partial charge is 0.226 e. The second kappa shape index (κ2) is 6.84. The molecule has 1 N–H and O–H groups in total. The lowest BCUT2D eigenvalue weighted by molar-refractivity contribution is -0.135. The zero-order chi connectivity index (χ0) is 14.5. The van der Waals surface area contributed by atoms with Crippen LogP contribution in [0.15, 0.2) is 24.3 Å². The summed E-state index contributed by atoms with van der Waals surface area (Å²) >= 11 is 0. The van der Waals surface area contributed by atoms with E-state index in [1.807, 2.05) is 24.9 Å². The highest BCUT2D eigenvalue weighted by atomic mass is 19.1. The summed E-state index contributed by atoms with van der Waals surface area (Å²) in [4.78, 5) is 14.5. The van der Waals surface area contributed by atoms with Gasteiger partial charge in [0.1, 0.15) is 5.82 Å². The van der Waals surface area contributed by atoms with Crippen molar-refractivity contribution >= 4 is 5.91 Å². The Labute approximate surface area is 120 Å². The van der Waals surface area contributed by atoms with Crippen LogP contribution >= 0.6 is 0 Å². The van der Waals surface area contributed by atoms with Gasteiger partial charge in [-0.1, -0.05) is 25.1 Å². The van der Waals surface area contributed by atoms with Gasteiger partial charge in [-0.3, -0.25) is 4.79 Å². The Morgan fingerprint density at radius 2 is 2.25 bits per heavy atom. The van der Waals surface area contributed by atoms with Crippen LogP contribution in [0, 0.1) is 11.7 Å². The summed E-state index contributed by atoms with van der Waals surface area (Å²) in [6.07, 6.45) is 2.58. The average Bonchev–Trinajstić information content (AvgIpc) is 2.89. The molecule has 0 bridgehead atoms. The third-order valence-electron chi connectivity index (χ3n) is 4.01. The molecule has 0 radical (unpaired) electrons. The third kappa shape index (κ3) is 3.37. The van der Waals surface area contributed by atoms with E-state index in [0.29, 0.717) is 12.0 Å². The molecule has 110 valence electrons. The molecule has 1 fully saturated rings. The first kappa shape index (κ1) is 15.0. The number of likely N-dealkylation sites (tertiary alicyclic amines) is 1. The van der Waals surface area contributed by atoms with Crippen molar-refractivity contribution in [3.63, 3.8) is 0 Å². The van der Waals surface area contributed by atoms with E-state index in [4.69, 9.17) is 0 Å². The summed E-state index contributed by atoms with van der Waals surface area (Å²) in [6.45, 7) is 3.55. The van der Waals surface area contributed by atoms with Gasteiger partial charge in [-0.05, 0) is 37.9 Å². The van der Waals surface area contributed by atoms with Crippen molar-refractivity contribution < 1.29 is 9.18 Å². The molecule has 1 aromatic carbocycles. The second-order valence-electron chi connectivity index (χ2n) is 5.58. The lowest BCUT2D eigenvalue weighted by Gasteiger charge is -2.27. The molecule has 2 rings (SSSR count). The number of amides is 1. The van der Waals surface area contributed by atoms with E-state index >= 15 is 0 Å². The Morgan fingerprint density at radius 3 is 2.95 bits per heavy atom. The van der Waals surface area contributed by atoms with Crippen LogP contribution in [-0.2, 0) is 11.2 Å². The van der Waals surface area contributed by atoms with Crippen LogP contribution in [-0.4, -0.2) is 37.0 Å². The summed E-state index contributed by atoms with van der Waals surface area (Å²) in [6, 6.07) is 6.99. The molecule has 0 aliphatic carbocycles. The number of nitrogens with one attached hydrogen (secondary N) is 1. The minimum atomic E-state index is -0.222. The molecule has 2 unspecified atom stereocenters. The third-order valence-corrected chi connectivity index (χ3v) is 4.01. The molecule has 0 saturated carbocycles. The number of rotatable bonds is 5. The van der Waals surface area contributed by atoms with Crippen molar-refractivity contribution in [3.05, 3.63) is 35.6 Å². The largest absolute Gasteiger partial charge is 0.338 e. The van der Waals surface area contributed by atoms with Gasteiger partial charge in [-0.2, -0.15) is 0 Å². The Hall–Kier alpha value is -1.42. The zero-order valence-electron chi connectivity index (χ0n) is 12.2. The van der Waals surface area contributed by atoms with Gasteiger partial charge in [0.2, 0.25) is 5.91 Å². The molecule has 1 aliphatic rings. The zero-order valence-corrected chi connectivity index (χ0v) is 12.2. The lowest BCUT2D eigenvalue weighted by Crippen LogP contribution is -2.43. The van der Waals surface area contributed by atoms with E-state index in [1.54, 1.807) is 12.1 Å². The van der Waals surface area contributed by atoms with Crippen molar-refractivity contribution in [2.24, 2.45) is 5.92 Å². The lowest BCUT2D eigenvalue weighted by atomic mass is 9.99. The van der Waals surface area contributed by atoms with Crippen LogP contribution < -0.4 is 5.32 Å². The molecule has 1 heterocycles. The maximum absolute atomic E-state index is 13.7. The van der Waals surface area contributed by atoms with Gasteiger partial charge >= 0.3 is 0 Å². The molecular weight excluding hydrogens is 255 g/mol. The van der Waals surface area contributed by atoms with Gasteiger partial charge in [0.05, 0.1) is 0 Å². The van der Waals surface area contributed by atoms with Gasteiger partial charge in [-0.25, -0.2) is 4.39 Å². The van der Waals surface area contributed by atoms with Gasteiger partial charge < -0.3 is 10.2 Å². The molecule has 20 heavy (non-hydrogen) atoms. The number of nitrogens with zero attached hydrogens (tertiary/aromatic N) is 1. The van der Waals surface area contributed by atoms with Crippen LogP contribution in [0.25, 0.3) is 0 Å². The molecule has 1 saturated heterocycles. The van der Waals surface area contributed by atoms with E-state index in [9.17, 15) is 9.18 Å². The highest BCUT2D eigenvalue weighted by molar-refractivity contribution is 5.79. The van der Waals surface area contributed by atoms with Crippen LogP contribution in [0.1, 0.15) is 25.3 Å². The van der Waals surface area contributed by atoms with Gasteiger partial charge in [-0.15, -0.1) is 0 Å². The number of hydrogen-bond donors (Lipinski definition) is 1. The molecular formula is C16H23FN2O. The standard InChI is InChI=1S/C16H23FN2O/c1-12(10-13-6-3-4-8-15(13)17)16(20)19-9-5-7-14(19)11-18-2/h3-4,6,8,12,14,18H,5,7,9-11H2,1-2H3. The van der Waals surface area contributed by atoms with Gasteiger partial charge in [0.25, 0.3) is 0 Å². The second-order valence-corrected chi connectivity index (χ2v) is 5.58. The number of carbonyl (C=O) groups excluding carboxylic acids is 1. The summed E-state index contributed by atoms with van der Waals surface area (Å²) < 4.78 is 13.7. The minimum Gasteiger partial charge on any atom is -0.338 e. The fourth-order valence-corrected chi connectivity index (χ4v) is 2.94. The topological polar surface area (TPSA) is 32.3 Å². The molecule has 1 aromatic rings. The molecule has 4 heteroatoms. The maximum atomic E-state index is 13.7. The van der Waals surface area contributed by atoms with Crippen molar-refractivity contribution in [2.45, 2.75) is 32.2 Å². The highest BCUT2D eigenvalue weighted by Gasteiger charge is 2.30. The number of halogens is 1. The normalized spacial score (nSPS) is 20.1. The predicted molar refractivity (Wildman–Crippen MR) is 77.9 cm³/mol. The molecule has 1 amide bonds. The van der Waals surface area contributed by atoms with Gasteiger partial charge in [0.15, 0.2) is 0 Å². The van der Waals surface area contributed by atoms with Crippen LogP contribution in [0.4, 0.5) is 4.39 Å². The van der Waals surface area contributed by atoms with E-state index in [2.05, 4.69) is 5.32 Å². The van der Waals surface area contributed by atoms with Crippen molar-refractivity contribution in [1.29, 1.82) is 0 Å². The molecule has 2 atom stereocenters. The number of benzene rings is 1. The monoisotopic (exact) mass is 278 g/mol. The van der Waals surface area contributed by atoms with Crippen LogP contribution in [0.5, 0.6) is 0 Å². The first-order chi connectivity index (χ1) is 9.63. The predicted octanol–water partition coefficient (Wildman–Crippen LogP) is 2.21. The maximum Gasteiger partial charge on any atom is 0.226 e. The summed E-state index contributed by atoms with van der Waals surface area (Å²) in [5, 5.41) is 3.14.